The Morgan fingerprint density at radius 3 is 2.45 bits per heavy atom. The van der Waals surface area contributed by atoms with Gasteiger partial charge in [-0.2, -0.15) is 0 Å². The first-order chi connectivity index (χ1) is 20.2. The molecule has 2 saturated heterocycles. The van der Waals surface area contributed by atoms with Crippen molar-refractivity contribution < 1.29 is 28.0 Å². The molecule has 2 N–H and O–H groups in total. The summed E-state index contributed by atoms with van der Waals surface area (Å²) in [6.45, 7) is 1.67. The van der Waals surface area contributed by atoms with Gasteiger partial charge in [-0.1, -0.05) is 18.9 Å². The third-order valence-corrected chi connectivity index (χ3v) is 9.87. The normalized spacial score (nSPS) is 27.6. The van der Waals surface area contributed by atoms with Crippen LogP contribution in [0.5, 0.6) is 0 Å². The Labute approximate surface area is 245 Å². The number of alkyl halides is 2. The van der Waals surface area contributed by atoms with E-state index in [2.05, 4.69) is 21.6 Å². The van der Waals surface area contributed by atoms with Gasteiger partial charge in [-0.3, -0.25) is 24.5 Å². The van der Waals surface area contributed by atoms with Gasteiger partial charge in [0, 0.05) is 74.3 Å². The van der Waals surface area contributed by atoms with Gasteiger partial charge in [-0.15, -0.1) is 0 Å². The predicted octanol–water partition coefficient (Wildman–Crippen LogP) is 3.21. The first-order valence-electron chi connectivity index (χ1n) is 15.6. The third-order valence-electron chi connectivity index (χ3n) is 9.87. The number of imide groups is 1. The number of hydrogen-bond acceptors (Lipinski definition) is 6. The fourth-order valence-corrected chi connectivity index (χ4v) is 7.08. The molecule has 228 valence electrons. The van der Waals surface area contributed by atoms with Crippen LogP contribution in [0.1, 0.15) is 86.6 Å². The van der Waals surface area contributed by atoms with Crippen LogP contribution in [0.2, 0.25) is 0 Å². The maximum absolute atomic E-state index is 13.5. The number of piperidine rings is 2. The molecule has 1 aromatic carbocycles. The highest BCUT2D eigenvalue weighted by Crippen LogP contribution is 2.39. The van der Waals surface area contributed by atoms with E-state index in [1.807, 2.05) is 12.1 Å². The van der Waals surface area contributed by atoms with E-state index in [9.17, 15) is 28.0 Å². The maximum atomic E-state index is 13.5. The summed E-state index contributed by atoms with van der Waals surface area (Å²) in [5.74, 6) is -2.87. The van der Waals surface area contributed by atoms with E-state index >= 15 is 0 Å². The van der Waals surface area contributed by atoms with Gasteiger partial charge in [0.2, 0.25) is 17.7 Å². The number of halogens is 2. The van der Waals surface area contributed by atoms with Crippen LogP contribution in [-0.4, -0.2) is 83.7 Å². The van der Waals surface area contributed by atoms with Crippen molar-refractivity contribution in [1.29, 1.82) is 0 Å². The highest BCUT2D eigenvalue weighted by atomic mass is 19.3. The molecule has 4 fully saturated rings. The van der Waals surface area contributed by atoms with Crippen molar-refractivity contribution in [3.63, 3.8) is 0 Å². The average Bonchev–Trinajstić information content (AvgIpc) is 3.74. The number of nitrogens with zero attached hydrogens (tertiary/aromatic N) is 3. The molecule has 4 amide bonds. The zero-order valence-corrected chi connectivity index (χ0v) is 24.1. The van der Waals surface area contributed by atoms with Crippen LogP contribution in [-0.2, 0) is 20.9 Å². The molecule has 11 heteroatoms. The van der Waals surface area contributed by atoms with Crippen LogP contribution in [0.3, 0.4) is 0 Å². The number of hydrogen-bond donors (Lipinski definition) is 2. The minimum Gasteiger partial charge on any atom is -0.368 e. The number of carbonyl (C=O) groups excluding carboxylic acids is 4. The van der Waals surface area contributed by atoms with Crippen molar-refractivity contribution in [1.82, 2.24) is 20.4 Å². The number of benzene rings is 1. The minimum atomic E-state index is -2.66. The summed E-state index contributed by atoms with van der Waals surface area (Å²) >= 11 is 0. The molecule has 3 aliphatic heterocycles. The number of amides is 4. The van der Waals surface area contributed by atoms with Crippen molar-refractivity contribution >= 4 is 29.3 Å². The molecule has 9 nitrogen and oxygen atoms in total. The minimum absolute atomic E-state index is 0.108. The van der Waals surface area contributed by atoms with Gasteiger partial charge in [-0.25, -0.2) is 8.78 Å². The van der Waals surface area contributed by atoms with Gasteiger partial charge in [0.1, 0.15) is 6.04 Å². The third kappa shape index (κ3) is 6.31. The predicted molar refractivity (Wildman–Crippen MR) is 152 cm³/mol. The smallest absolute Gasteiger partial charge is 0.255 e. The Hall–Kier alpha value is -3.08. The van der Waals surface area contributed by atoms with Gasteiger partial charge in [0.15, 0.2) is 0 Å². The molecule has 3 heterocycles. The lowest BCUT2D eigenvalue weighted by atomic mass is 9.89. The molecular weight excluding hydrogens is 544 g/mol. The lowest BCUT2D eigenvalue weighted by molar-refractivity contribution is -0.138. The first kappa shape index (κ1) is 29.0. The second-order valence-corrected chi connectivity index (χ2v) is 12.8. The van der Waals surface area contributed by atoms with Crippen LogP contribution in [0, 0.1) is 5.92 Å². The Kier molecular flexibility index (Phi) is 8.22. The van der Waals surface area contributed by atoms with Crippen LogP contribution in [0.15, 0.2) is 18.2 Å². The monoisotopic (exact) mass is 585 g/mol. The molecular formula is C31H41F2N5O4. The van der Waals surface area contributed by atoms with E-state index in [1.54, 1.807) is 9.80 Å². The molecule has 0 spiro atoms. The molecule has 0 bridgehead atoms. The highest BCUT2D eigenvalue weighted by Gasteiger charge is 2.41. The largest absolute Gasteiger partial charge is 0.368 e. The van der Waals surface area contributed by atoms with Crippen LogP contribution >= 0.6 is 0 Å². The quantitative estimate of drug-likeness (QED) is 0.432. The summed E-state index contributed by atoms with van der Waals surface area (Å²) in [5.41, 5.74) is 2.66. The van der Waals surface area contributed by atoms with Crippen LogP contribution in [0.4, 0.5) is 14.5 Å². The summed E-state index contributed by atoms with van der Waals surface area (Å²) in [5, 5.41) is 5.77. The van der Waals surface area contributed by atoms with E-state index in [4.69, 9.17) is 0 Å². The SMILES string of the molecule is O=C1CCC(N2Cc3c(cccc3N(CCC3CC3)C3CCC(NCC(=O)N4CCC(F)(F)CC4)CC3)C2=O)C(=O)N1. The maximum Gasteiger partial charge on any atom is 0.255 e. The second kappa shape index (κ2) is 11.9. The van der Waals surface area contributed by atoms with Crippen LogP contribution < -0.4 is 15.5 Å². The van der Waals surface area contributed by atoms with E-state index in [-0.39, 0.29) is 62.7 Å². The average molecular weight is 586 g/mol. The number of likely N-dealkylation sites (tertiary alicyclic amines) is 1. The zero-order valence-electron chi connectivity index (χ0n) is 24.1. The fraction of sp³-hybridized carbons (Fsp3) is 0.677. The zero-order chi connectivity index (χ0) is 29.4. The summed E-state index contributed by atoms with van der Waals surface area (Å²) in [7, 11) is 0. The summed E-state index contributed by atoms with van der Waals surface area (Å²) in [6, 6.07) is 5.73. The van der Waals surface area contributed by atoms with Gasteiger partial charge in [-0.05, 0) is 56.6 Å². The molecule has 2 saturated carbocycles. The topological polar surface area (TPSA) is 102 Å². The number of anilines is 1. The molecule has 5 aliphatic rings. The number of carbonyl (C=O) groups is 4. The lowest BCUT2D eigenvalue weighted by Gasteiger charge is -2.40. The molecule has 2 aliphatic carbocycles. The van der Waals surface area contributed by atoms with E-state index in [0.717, 1.165) is 55.8 Å². The molecule has 0 aromatic heterocycles. The second-order valence-electron chi connectivity index (χ2n) is 12.8. The Balaban J connectivity index is 1.10. The Morgan fingerprint density at radius 2 is 1.76 bits per heavy atom. The molecule has 42 heavy (non-hydrogen) atoms. The van der Waals surface area contributed by atoms with Crippen molar-refractivity contribution in [3.05, 3.63) is 29.3 Å². The first-order valence-corrected chi connectivity index (χ1v) is 15.6. The van der Waals surface area contributed by atoms with Crippen molar-refractivity contribution in [2.45, 2.75) is 101 Å². The van der Waals surface area contributed by atoms with E-state index in [0.29, 0.717) is 24.6 Å². The van der Waals surface area contributed by atoms with Crippen LogP contribution in [0.25, 0.3) is 0 Å². The number of rotatable bonds is 9. The fourth-order valence-electron chi connectivity index (χ4n) is 7.08. The van der Waals surface area contributed by atoms with Gasteiger partial charge in [0.05, 0.1) is 6.54 Å². The van der Waals surface area contributed by atoms with Gasteiger partial charge in [0.25, 0.3) is 11.8 Å². The van der Waals surface area contributed by atoms with E-state index in [1.165, 1.54) is 12.8 Å². The Morgan fingerprint density at radius 1 is 1.02 bits per heavy atom. The molecule has 6 rings (SSSR count). The molecule has 1 aromatic rings. The van der Waals surface area contributed by atoms with Crippen molar-refractivity contribution in [2.24, 2.45) is 5.92 Å². The highest BCUT2D eigenvalue weighted by molar-refractivity contribution is 6.06. The lowest BCUT2D eigenvalue weighted by Crippen LogP contribution is -2.52. The summed E-state index contributed by atoms with van der Waals surface area (Å²) < 4.78 is 26.9. The van der Waals surface area contributed by atoms with Crippen molar-refractivity contribution in [3.8, 4) is 0 Å². The Bertz CT molecular complexity index is 1220. The molecule has 1 unspecified atom stereocenters. The van der Waals surface area contributed by atoms with Crippen molar-refractivity contribution in [2.75, 3.05) is 31.1 Å². The van der Waals surface area contributed by atoms with Gasteiger partial charge < -0.3 is 20.0 Å². The number of fused-ring (bicyclic) bond motifs is 1. The summed E-state index contributed by atoms with van der Waals surface area (Å²) in [4.78, 5) is 56.0. The van der Waals surface area contributed by atoms with E-state index < -0.39 is 17.9 Å². The van der Waals surface area contributed by atoms with Gasteiger partial charge >= 0.3 is 0 Å². The summed E-state index contributed by atoms with van der Waals surface area (Å²) in [6.07, 6.45) is 7.39. The number of nitrogens with one attached hydrogen (secondary N) is 2. The standard InChI is InChI=1S/C31H41F2N5O4/c32-31(33)13-16-36(17-14-31)28(40)18-34-21-6-8-22(9-7-21)37(15-12-20-4-5-20)25-3-1-2-23-24(25)19-38(30(23)42)26-10-11-27(39)35-29(26)41/h1-3,20-22,26,34H,4-19H2,(H,35,39,41). The molecule has 1 atom stereocenters. The molecule has 0 radical (unpaired) electrons.